The Kier molecular flexibility index (Phi) is 53.3. The molecule has 0 spiro atoms. The van der Waals surface area contributed by atoms with Gasteiger partial charge in [-0.2, -0.15) is 0 Å². The van der Waals surface area contributed by atoms with Crippen LogP contribution in [-0.4, -0.2) is 110 Å². The summed E-state index contributed by atoms with van der Waals surface area (Å²) in [6, 6.07) is 3.70. The molecule has 0 fully saturated rings. The van der Waals surface area contributed by atoms with Crippen molar-refractivity contribution in [3.8, 4) is 17.2 Å². The largest absolute Gasteiger partial charge is 0.490 e. The third kappa shape index (κ3) is 45.3. The van der Waals surface area contributed by atoms with Crippen molar-refractivity contribution in [2.75, 3.05) is 99.0 Å². The van der Waals surface area contributed by atoms with E-state index in [1.54, 1.807) is 0 Å². The van der Waals surface area contributed by atoms with Crippen LogP contribution in [0.25, 0.3) is 0 Å². The minimum absolute atomic E-state index is 0.0167. The van der Waals surface area contributed by atoms with E-state index in [0.717, 1.165) is 38.5 Å². The molecule has 0 aliphatic rings. The lowest BCUT2D eigenvalue weighted by molar-refractivity contribution is -0.0130. The van der Waals surface area contributed by atoms with E-state index in [4.69, 9.17) is 43.0 Å². The lowest BCUT2D eigenvalue weighted by Crippen LogP contribution is -2.28. The van der Waals surface area contributed by atoms with E-state index >= 15 is 0 Å². The van der Waals surface area contributed by atoms with Gasteiger partial charge in [-0.1, -0.05) is 233 Å². The normalized spacial score (nSPS) is 11.4. The fraction of sp³-hybridized carbons (Fsp3) is 0.885. The maximum Gasteiger partial charge on any atom is 0.251 e. The van der Waals surface area contributed by atoms with E-state index in [9.17, 15) is 4.79 Å². The van der Waals surface area contributed by atoms with Crippen LogP contribution in [0.1, 0.15) is 262 Å². The van der Waals surface area contributed by atoms with Crippen molar-refractivity contribution in [2.24, 2.45) is 0 Å². The van der Waals surface area contributed by atoms with Crippen molar-refractivity contribution >= 4 is 5.91 Å². The van der Waals surface area contributed by atoms with Crippen LogP contribution >= 0.6 is 0 Å². The van der Waals surface area contributed by atoms with Gasteiger partial charge in [-0.25, -0.2) is 0 Å². The third-order valence-electron chi connectivity index (χ3n) is 13.3. The van der Waals surface area contributed by atoms with Gasteiger partial charge in [0.1, 0.15) is 0 Å². The maximum atomic E-state index is 13.7. The molecule has 0 saturated carbocycles. The average Bonchev–Trinajstić information content (AvgIpc) is 3.39. The van der Waals surface area contributed by atoms with Crippen LogP contribution in [-0.2, 0) is 23.7 Å². The molecule has 0 atom stereocenters. The molecule has 72 heavy (non-hydrogen) atoms. The van der Waals surface area contributed by atoms with E-state index in [-0.39, 0.29) is 12.5 Å². The molecule has 0 radical (unpaired) electrons. The van der Waals surface area contributed by atoms with Gasteiger partial charge in [0.05, 0.1) is 92.5 Å². The van der Waals surface area contributed by atoms with E-state index < -0.39 is 0 Å². The molecule has 1 aromatic carbocycles. The van der Waals surface area contributed by atoms with Gasteiger partial charge in [0.25, 0.3) is 5.91 Å². The lowest BCUT2D eigenvalue weighted by atomic mass is 10.1. The van der Waals surface area contributed by atoms with Crippen molar-refractivity contribution < 1.29 is 47.8 Å². The second-order valence-corrected chi connectivity index (χ2v) is 20.1. The Balaban J connectivity index is 2.79. The highest BCUT2D eigenvalue weighted by Crippen LogP contribution is 2.40. The van der Waals surface area contributed by atoms with Gasteiger partial charge in [-0.3, -0.25) is 4.79 Å². The molecular formula is C61H115NO10. The first-order valence-electron chi connectivity index (χ1n) is 30.5. The van der Waals surface area contributed by atoms with Gasteiger partial charge < -0.3 is 48.3 Å². The summed E-state index contributed by atoms with van der Waals surface area (Å²) in [5.74, 6) is 1.65. The number of carbonyl (C=O) groups is 1. The number of amides is 1. The van der Waals surface area contributed by atoms with Crippen molar-refractivity contribution in [1.82, 2.24) is 5.32 Å². The van der Waals surface area contributed by atoms with Crippen LogP contribution in [0.2, 0.25) is 0 Å². The Morgan fingerprint density at radius 3 is 0.917 bits per heavy atom. The summed E-state index contributed by atoms with van der Waals surface area (Å²) < 4.78 is 47.2. The first-order valence-corrected chi connectivity index (χ1v) is 30.5. The summed E-state index contributed by atoms with van der Waals surface area (Å²) >= 11 is 0. The minimum Gasteiger partial charge on any atom is -0.490 e. The zero-order chi connectivity index (χ0) is 51.7. The Hall–Kier alpha value is -2.15. The number of rotatable bonds is 60. The minimum atomic E-state index is -0.188. The van der Waals surface area contributed by atoms with Crippen LogP contribution in [0.5, 0.6) is 17.2 Å². The number of aliphatic hydroxyl groups excluding tert-OH is 1. The third-order valence-corrected chi connectivity index (χ3v) is 13.3. The number of hydrogen-bond donors (Lipinski definition) is 2. The summed E-state index contributed by atoms with van der Waals surface area (Å²) in [5.41, 5.74) is 0.505. The molecule has 0 saturated heterocycles. The quantitative estimate of drug-likeness (QED) is 0.0610. The standard InChI is InChI=1S/C61H115NO10/c1-4-7-10-13-16-19-22-25-28-31-34-37-42-70-58-55-57(61(64)62-40-45-65-47-49-67-51-53-69-54-52-68-50-48-66-46-41-63)56-59(71-43-38-35-32-29-26-23-20-17-14-11-8-5-2)60(58)72-44-39-36-33-30-27-24-21-18-15-12-9-6-3/h55-56,63H,4-54H2,1-3H3,(H,62,64). The van der Waals surface area contributed by atoms with Crippen molar-refractivity contribution in [3.63, 3.8) is 0 Å². The Morgan fingerprint density at radius 1 is 0.347 bits per heavy atom. The Morgan fingerprint density at radius 2 is 0.611 bits per heavy atom. The number of carbonyl (C=O) groups excluding carboxylic acids is 1. The van der Waals surface area contributed by atoms with Gasteiger partial charge in [-0.05, 0) is 31.4 Å². The van der Waals surface area contributed by atoms with E-state index in [0.29, 0.717) is 115 Å². The van der Waals surface area contributed by atoms with Gasteiger partial charge >= 0.3 is 0 Å². The summed E-state index contributed by atoms with van der Waals surface area (Å²) in [7, 11) is 0. The molecule has 424 valence electrons. The van der Waals surface area contributed by atoms with Crippen LogP contribution < -0.4 is 19.5 Å². The molecule has 1 aromatic rings. The van der Waals surface area contributed by atoms with Crippen LogP contribution in [0.4, 0.5) is 0 Å². The lowest BCUT2D eigenvalue weighted by Gasteiger charge is -2.19. The zero-order valence-corrected chi connectivity index (χ0v) is 47.3. The number of nitrogens with one attached hydrogen (secondary N) is 1. The predicted molar refractivity (Wildman–Crippen MR) is 300 cm³/mol. The summed E-state index contributed by atoms with van der Waals surface area (Å²) in [6.45, 7) is 13.4. The predicted octanol–water partition coefficient (Wildman–Crippen LogP) is 15.7. The highest BCUT2D eigenvalue weighted by atomic mass is 16.6. The Labute approximate surface area is 443 Å². The summed E-state index contributed by atoms with van der Waals surface area (Å²) in [4.78, 5) is 13.7. The zero-order valence-electron chi connectivity index (χ0n) is 47.3. The maximum absolute atomic E-state index is 13.7. The molecule has 0 aromatic heterocycles. The fourth-order valence-corrected chi connectivity index (χ4v) is 8.82. The van der Waals surface area contributed by atoms with Crippen molar-refractivity contribution in [3.05, 3.63) is 17.7 Å². The van der Waals surface area contributed by atoms with E-state index in [1.165, 1.54) is 193 Å². The molecule has 0 unspecified atom stereocenters. The van der Waals surface area contributed by atoms with E-state index in [1.807, 2.05) is 12.1 Å². The first kappa shape index (κ1) is 67.9. The summed E-state index contributed by atoms with van der Waals surface area (Å²) in [6.07, 6.45) is 46.5. The van der Waals surface area contributed by atoms with Crippen LogP contribution in [0.15, 0.2) is 12.1 Å². The SMILES string of the molecule is CCCCCCCCCCCCCCOc1cc(C(=O)NCCOCCOCCOCCOCCOCCO)cc(OCCCCCCCCCCCCCC)c1OCCCCCCCCCCCCCC. The van der Waals surface area contributed by atoms with Gasteiger partial charge in [0, 0.05) is 12.1 Å². The molecule has 11 heteroatoms. The smallest absolute Gasteiger partial charge is 0.251 e. The average molecular weight is 1020 g/mol. The molecule has 0 aliphatic heterocycles. The number of ether oxygens (including phenoxy) is 8. The van der Waals surface area contributed by atoms with Gasteiger partial charge in [-0.15, -0.1) is 0 Å². The second-order valence-electron chi connectivity index (χ2n) is 20.1. The van der Waals surface area contributed by atoms with Crippen molar-refractivity contribution in [2.45, 2.75) is 252 Å². The second kappa shape index (κ2) is 56.6. The Bertz CT molecular complexity index is 1200. The molecule has 0 heterocycles. The number of hydrogen-bond acceptors (Lipinski definition) is 10. The number of benzene rings is 1. The first-order chi connectivity index (χ1) is 35.7. The molecule has 0 bridgehead atoms. The molecule has 0 aliphatic carbocycles. The molecule has 2 N–H and O–H groups in total. The molecule has 11 nitrogen and oxygen atoms in total. The molecule has 1 amide bonds. The fourth-order valence-electron chi connectivity index (χ4n) is 8.82. The highest BCUT2D eigenvalue weighted by molar-refractivity contribution is 5.95. The van der Waals surface area contributed by atoms with E-state index in [2.05, 4.69) is 26.1 Å². The number of aliphatic hydroxyl groups is 1. The topological polar surface area (TPSA) is 123 Å². The van der Waals surface area contributed by atoms with Gasteiger partial charge in [0.2, 0.25) is 5.75 Å². The monoisotopic (exact) mass is 1020 g/mol. The summed E-state index contributed by atoms with van der Waals surface area (Å²) in [5, 5.41) is 11.8. The van der Waals surface area contributed by atoms with Crippen LogP contribution in [0.3, 0.4) is 0 Å². The highest BCUT2D eigenvalue weighted by Gasteiger charge is 2.19. The van der Waals surface area contributed by atoms with Gasteiger partial charge in [0.15, 0.2) is 11.5 Å². The van der Waals surface area contributed by atoms with Crippen LogP contribution in [0, 0.1) is 0 Å². The molecular weight excluding hydrogens is 907 g/mol. The molecule has 1 rings (SSSR count). The van der Waals surface area contributed by atoms with Crippen molar-refractivity contribution in [1.29, 1.82) is 0 Å². The number of unbranched alkanes of at least 4 members (excludes halogenated alkanes) is 33.